The first-order valence-corrected chi connectivity index (χ1v) is 9.66. The predicted molar refractivity (Wildman–Crippen MR) is 106 cm³/mol. The zero-order valence-electron chi connectivity index (χ0n) is 16.1. The van der Waals surface area contributed by atoms with E-state index in [4.69, 9.17) is 9.47 Å². The van der Waals surface area contributed by atoms with Crippen LogP contribution in [0.2, 0.25) is 0 Å². The molecule has 2 aliphatic heterocycles. The van der Waals surface area contributed by atoms with Crippen LogP contribution in [0.15, 0.2) is 36.8 Å². The molecule has 1 N–H and O–H groups in total. The Balaban J connectivity index is 1.52. The van der Waals surface area contributed by atoms with Gasteiger partial charge >= 0.3 is 0 Å². The van der Waals surface area contributed by atoms with E-state index in [2.05, 4.69) is 25.7 Å². The predicted octanol–water partition coefficient (Wildman–Crippen LogP) is 3.11. The molecule has 0 aliphatic carbocycles. The molecule has 5 heterocycles. The van der Waals surface area contributed by atoms with Crippen molar-refractivity contribution in [2.45, 2.75) is 19.4 Å². The smallest absolute Gasteiger partial charge is 0.170 e. The van der Waals surface area contributed by atoms with Crippen LogP contribution >= 0.6 is 0 Å². The van der Waals surface area contributed by atoms with Crippen LogP contribution in [0.1, 0.15) is 22.7 Å². The van der Waals surface area contributed by atoms with E-state index >= 15 is 0 Å². The topological polar surface area (TPSA) is 86.5 Å². The Morgan fingerprint density at radius 1 is 1.10 bits per heavy atom. The second-order valence-electron chi connectivity index (χ2n) is 7.49. The molecule has 30 heavy (non-hydrogen) atoms. The maximum Gasteiger partial charge on any atom is 0.170 e. The standard InChI is InChI=1S/C21H17FN6O2/c1-11-4-12(6-24-26-11)14-5-18-21(28-10-25-27-20(14)28)23-7-15-16(22)2-3-17-19(15)13(8-29-17)9-30-18/h2-6,10,13,23H,7-9H2,1H3. The van der Waals surface area contributed by atoms with E-state index in [9.17, 15) is 4.39 Å². The molecule has 0 saturated carbocycles. The van der Waals surface area contributed by atoms with Gasteiger partial charge in [-0.15, -0.1) is 10.2 Å². The number of halogens is 1. The molecule has 0 amide bonds. The van der Waals surface area contributed by atoms with Crippen LogP contribution < -0.4 is 14.8 Å². The Morgan fingerprint density at radius 2 is 1.97 bits per heavy atom. The molecular formula is C21H17FN6O2. The summed E-state index contributed by atoms with van der Waals surface area (Å²) in [5.74, 6) is 1.74. The van der Waals surface area contributed by atoms with Gasteiger partial charge in [0, 0.05) is 28.8 Å². The third kappa shape index (κ3) is 2.51. The lowest BCUT2D eigenvalue weighted by molar-refractivity contribution is 0.249. The van der Waals surface area contributed by atoms with Crippen molar-refractivity contribution in [3.63, 3.8) is 0 Å². The van der Waals surface area contributed by atoms with E-state index < -0.39 is 0 Å². The molecular weight excluding hydrogens is 387 g/mol. The maximum atomic E-state index is 14.7. The molecule has 1 unspecified atom stereocenters. The van der Waals surface area contributed by atoms with Crippen molar-refractivity contribution in [3.8, 4) is 22.6 Å². The van der Waals surface area contributed by atoms with E-state index in [1.807, 2.05) is 23.5 Å². The molecule has 1 atom stereocenters. The Morgan fingerprint density at radius 3 is 2.83 bits per heavy atom. The molecule has 1 aromatic carbocycles. The number of fused-ring (bicyclic) bond motifs is 3. The lowest BCUT2D eigenvalue weighted by Gasteiger charge is -2.16. The summed E-state index contributed by atoms with van der Waals surface area (Å²) in [6, 6.07) is 7.00. The average Bonchev–Trinajstić information content (AvgIpc) is 3.39. The summed E-state index contributed by atoms with van der Waals surface area (Å²) in [7, 11) is 0. The van der Waals surface area contributed by atoms with Gasteiger partial charge in [-0.25, -0.2) is 4.39 Å². The fourth-order valence-electron chi connectivity index (χ4n) is 4.22. The molecule has 0 radical (unpaired) electrons. The molecule has 0 saturated heterocycles. The van der Waals surface area contributed by atoms with Crippen molar-refractivity contribution in [3.05, 3.63) is 59.4 Å². The highest BCUT2D eigenvalue weighted by Crippen LogP contribution is 2.41. The van der Waals surface area contributed by atoms with Crippen molar-refractivity contribution < 1.29 is 13.9 Å². The second kappa shape index (κ2) is 6.38. The zero-order valence-corrected chi connectivity index (χ0v) is 16.1. The van der Waals surface area contributed by atoms with Crippen molar-refractivity contribution in [1.82, 2.24) is 24.8 Å². The van der Waals surface area contributed by atoms with Gasteiger partial charge in [-0.2, -0.15) is 10.2 Å². The first kappa shape index (κ1) is 17.1. The summed E-state index contributed by atoms with van der Waals surface area (Å²) < 4.78 is 28.5. The highest BCUT2D eigenvalue weighted by molar-refractivity contribution is 5.81. The number of hydrogen-bond donors (Lipinski definition) is 1. The summed E-state index contributed by atoms with van der Waals surface area (Å²) in [5.41, 5.74) is 4.63. The monoisotopic (exact) mass is 404 g/mol. The first-order chi connectivity index (χ1) is 14.7. The molecule has 150 valence electrons. The zero-order chi connectivity index (χ0) is 20.2. The number of ether oxygens (including phenoxy) is 2. The molecule has 2 aliphatic rings. The summed E-state index contributed by atoms with van der Waals surface area (Å²) in [6.07, 6.45) is 3.31. The van der Waals surface area contributed by atoms with Gasteiger partial charge in [0.1, 0.15) is 17.9 Å². The normalized spacial score (nSPS) is 17.1. The van der Waals surface area contributed by atoms with Crippen LogP contribution in [0, 0.1) is 12.7 Å². The highest BCUT2D eigenvalue weighted by atomic mass is 19.1. The van der Waals surface area contributed by atoms with Crippen LogP contribution in [0.25, 0.3) is 16.8 Å². The molecule has 3 aromatic heterocycles. The van der Waals surface area contributed by atoms with E-state index in [0.29, 0.717) is 42.5 Å². The van der Waals surface area contributed by atoms with E-state index in [1.54, 1.807) is 18.6 Å². The quantitative estimate of drug-likeness (QED) is 0.522. The van der Waals surface area contributed by atoms with Gasteiger partial charge in [-0.05, 0) is 31.2 Å². The summed E-state index contributed by atoms with van der Waals surface area (Å²) in [6.45, 7) is 3.03. The molecule has 9 heteroatoms. The number of nitrogens with one attached hydrogen (secondary N) is 1. The van der Waals surface area contributed by atoms with Gasteiger partial charge in [0.05, 0.1) is 31.0 Å². The summed E-state index contributed by atoms with van der Waals surface area (Å²) in [4.78, 5) is 0. The fraction of sp³-hybridized carbons (Fsp3) is 0.238. The van der Waals surface area contributed by atoms with Crippen LogP contribution in [0.5, 0.6) is 11.5 Å². The number of benzene rings is 1. The number of rotatable bonds is 1. The second-order valence-corrected chi connectivity index (χ2v) is 7.49. The number of aryl methyl sites for hydroxylation is 1. The minimum atomic E-state index is -0.254. The van der Waals surface area contributed by atoms with Gasteiger partial charge < -0.3 is 14.8 Å². The Labute approximate surface area is 170 Å². The van der Waals surface area contributed by atoms with Crippen molar-refractivity contribution >= 4 is 11.5 Å². The number of hydrogen-bond acceptors (Lipinski definition) is 7. The number of aromatic nitrogens is 5. The fourth-order valence-corrected chi connectivity index (χ4v) is 4.22. The van der Waals surface area contributed by atoms with Crippen LogP contribution in [0.4, 0.5) is 10.2 Å². The van der Waals surface area contributed by atoms with Gasteiger partial charge in [0.2, 0.25) is 0 Å². The van der Waals surface area contributed by atoms with Gasteiger partial charge in [-0.1, -0.05) is 0 Å². The lowest BCUT2D eigenvalue weighted by atomic mass is 9.96. The number of pyridine rings is 1. The largest absolute Gasteiger partial charge is 0.493 e. The van der Waals surface area contributed by atoms with Gasteiger partial charge in [0.25, 0.3) is 0 Å². The molecule has 8 nitrogen and oxygen atoms in total. The summed E-state index contributed by atoms with van der Waals surface area (Å²) in [5, 5.41) is 19.8. The first-order valence-electron chi connectivity index (χ1n) is 9.66. The summed E-state index contributed by atoms with van der Waals surface area (Å²) >= 11 is 0. The van der Waals surface area contributed by atoms with Crippen LogP contribution in [-0.4, -0.2) is 38.0 Å². The Kier molecular flexibility index (Phi) is 3.64. The van der Waals surface area contributed by atoms with Crippen molar-refractivity contribution in [2.75, 3.05) is 18.5 Å². The molecule has 6 rings (SSSR count). The van der Waals surface area contributed by atoms with Crippen LogP contribution in [-0.2, 0) is 6.54 Å². The molecule has 0 fully saturated rings. The molecule has 0 spiro atoms. The third-order valence-electron chi connectivity index (χ3n) is 5.61. The van der Waals surface area contributed by atoms with E-state index in [0.717, 1.165) is 28.1 Å². The van der Waals surface area contributed by atoms with Gasteiger partial charge in [0.15, 0.2) is 17.2 Å². The maximum absolute atomic E-state index is 14.7. The van der Waals surface area contributed by atoms with Gasteiger partial charge in [-0.3, -0.25) is 4.40 Å². The lowest BCUT2D eigenvalue weighted by Crippen LogP contribution is -2.13. The molecule has 4 aromatic rings. The van der Waals surface area contributed by atoms with Crippen molar-refractivity contribution in [1.29, 1.82) is 0 Å². The third-order valence-corrected chi connectivity index (χ3v) is 5.61. The van der Waals surface area contributed by atoms with Crippen molar-refractivity contribution in [2.24, 2.45) is 0 Å². The van der Waals surface area contributed by atoms with E-state index in [-0.39, 0.29) is 11.7 Å². The number of nitrogens with zero attached hydrogens (tertiary/aromatic N) is 5. The Bertz CT molecular complexity index is 1300. The average molecular weight is 404 g/mol. The minimum Gasteiger partial charge on any atom is -0.493 e. The SMILES string of the molecule is Cc1cc(-c2cc3c(n4cnnc24)NCc2c(F)ccc4c2C(CO4)CO3)cnn1. The Hall–Kier alpha value is -3.75. The highest BCUT2D eigenvalue weighted by Gasteiger charge is 2.31. The van der Waals surface area contributed by atoms with E-state index in [1.165, 1.54) is 6.07 Å². The number of anilines is 1. The molecule has 0 bridgehead atoms. The minimum absolute atomic E-state index is 0.0386. The van der Waals surface area contributed by atoms with Crippen LogP contribution in [0.3, 0.4) is 0 Å².